The van der Waals surface area contributed by atoms with Crippen molar-refractivity contribution in [1.82, 2.24) is 5.32 Å². The molecular weight excluding hydrogens is 320 g/mol. The van der Waals surface area contributed by atoms with Gasteiger partial charge in [-0.05, 0) is 48.5 Å². The number of hydrogen-bond acceptors (Lipinski definition) is 2. The average Bonchev–Trinajstić information content (AvgIpc) is 2.48. The molecule has 2 fully saturated rings. The highest BCUT2D eigenvalue weighted by Gasteiger charge is 2.40. The van der Waals surface area contributed by atoms with E-state index in [-0.39, 0.29) is 23.7 Å². The van der Waals surface area contributed by atoms with E-state index in [1.54, 1.807) is 0 Å². The molecule has 2 atom stereocenters. The second kappa shape index (κ2) is 7.88. The van der Waals surface area contributed by atoms with E-state index in [9.17, 15) is 4.79 Å². The van der Waals surface area contributed by atoms with Gasteiger partial charge < -0.3 is 11.1 Å². The van der Waals surface area contributed by atoms with Crippen LogP contribution in [0.3, 0.4) is 0 Å². The summed E-state index contributed by atoms with van der Waals surface area (Å²) in [6.07, 6.45) is 6.42. The highest BCUT2D eigenvalue weighted by atomic mass is 35.5. The third-order valence-corrected chi connectivity index (χ3v) is 5.86. The van der Waals surface area contributed by atoms with Gasteiger partial charge in [0.15, 0.2) is 0 Å². The number of amides is 1. The van der Waals surface area contributed by atoms with Gasteiger partial charge in [-0.2, -0.15) is 0 Å². The van der Waals surface area contributed by atoms with Gasteiger partial charge in [-0.25, -0.2) is 0 Å². The van der Waals surface area contributed by atoms with Crippen LogP contribution in [0.5, 0.6) is 0 Å². The Hall–Kier alpha value is -1.06. The predicted octanol–water partition coefficient (Wildman–Crippen LogP) is 3.80. The summed E-state index contributed by atoms with van der Waals surface area (Å²) in [6.45, 7) is 4.30. The van der Waals surface area contributed by atoms with Crippen molar-refractivity contribution in [2.75, 3.05) is 0 Å². The van der Waals surface area contributed by atoms with E-state index < -0.39 is 0 Å². The maximum absolute atomic E-state index is 12.7. The van der Waals surface area contributed by atoms with Crippen molar-refractivity contribution in [3.63, 3.8) is 0 Å². The van der Waals surface area contributed by atoms with Crippen LogP contribution in [0, 0.1) is 11.8 Å². The minimum absolute atomic E-state index is 0. The number of rotatable bonds is 4. The van der Waals surface area contributed by atoms with Crippen molar-refractivity contribution >= 4 is 18.3 Å². The Kier molecular flexibility index (Phi) is 6.33. The molecule has 2 saturated carbocycles. The zero-order valence-electron chi connectivity index (χ0n) is 14.8. The number of hydrogen-bond donors (Lipinski definition) is 2. The zero-order chi connectivity index (χ0) is 16.4. The molecule has 134 valence electrons. The van der Waals surface area contributed by atoms with Gasteiger partial charge >= 0.3 is 0 Å². The summed E-state index contributed by atoms with van der Waals surface area (Å²) in [5.41, 5.74) is 7.27. The van der Waals surface area contributed by atoms with Gasteiger partial charge in [-0.1, -0.05) is 50.6 Å². The summed E-state index contributed by atoms with van der Waals surface area (Å²) in [4.78, 5) is 12.7. The van der Waals surface area contributed by atoms with E-state index in [4.69, 9.17) is 5.73 Å². The molecule has 24 heavy (non-hydrogen) atoms. The minimum Gasteiger partial charge on any atom is -0.353 e. The summed E-state index contributed by atoms with van der Waals surface area (Å²) < 4.78 is 0. The molecule has 0 heterocycles. The van der Waals surface area contributed by atoms with Crippen LogP contribution in [0.1, 0.15) is 57.9 Å². The molecule has 2 aliphatic carbocycles. The number of carbonyl (C=O) groups excluding carboxylic acids is 1. The first-order valence-corrected chi connectivity index (χ1v) is 9.06. The van der Waals surface area contributed by atoms with Gasteiger partial charge in [-0.15, -0.1) is 12.4 Å². The van der Waals surface area contributed by atoms with Crippen LogP contribution in [-0.4, -0.2) is 18.0 Å². The summed E-state index contributed by atoms with van der Waals surface area (Å²) in [6, 6.07) is 11.0. The van der Waals surface area contributed by atoms with Crippen LogP contribution < -0.4 is 11.1 Å². The molecule has 1 aromatic carbocycles. The molecule has 0 spiro atoms. The summed E-state index contributed by atoms with van der Waals surface area (Å²) in [7, 11) is 0. The summed E-state index contributed by atoms with van der Waals surface area (Å²) in [5.74, 6) is 1.36. The number of halogens is 1. The number of benzene rings is 1. The number of nitrogens with two attached hydrogens (primary N) is 1. The highest BCUT2D eigenvalue weighted by molar-refractivity contribution is 5.85. The zero-order valence-corrected chi connectivity index (χ0v) is 15.6. The highest BCUT2D eigenvalue weighted by Crippen LogP contribution is 2.40. The molecule has 1 amide bonds. The van der Waals surface area contributed by atoms with E-state index in [1.165, 1.54) is 24.8 Å². The largest absolute Gasteiger partial charge is 0.353 e. The standard InChI is InChI=1S/C20H30N2O.ClH/c1-20(2,16-9-4-3-5-10-16)13-18(23)22-19-14-7-6-8-15(19)12-17(21)11-14;/h3-5,9-10,14-15,17,19H,6-8,11-13,21H2,1-2H3,(H,22,23);1H. The van der Waals surface area contributed by atoms with Crippen LogP contribution in [0.4, 0.5) is 0 Å². The molecule has 0 aliphatic heterocycles. The molecule has 0 aromatic heterocycles. The molecule has 1 aromatic rings. The van der Waals surface area contributed by atoms with E-state index in [1.807, 2.05) is 18.2 Å². The molecule has 2 aliphatic rings. The van der Waals surface area contributed by atoms with Gasteiger partial charge in [-0.3, -0.25) is 4.79 Å². The van der Waals surface area contributed by atoms with E-state index in [0.717, 1.165) is 12.8 Å². The Bertz CT molecular complexity index is 532. The Labute approximate surface area is 152 Å². The summed E-state index contributed by atoms with van der Waals surface area (Å²) >= 11 is 0. The normalized spacial score (nSPS) is 29.5. The molecule has 3 N–H and O–H groups in total. The quantitative estimate of drug-likeness (QED) is 0.867. The predicted molar refractivity (Wildman–Crippen MR) is 101 cm³/mol. The number of fused-ring (bicyclic) bond motifs is 2. The lowest BCUT2D eigenvalue weighted by Gasteiger charge is -2.45. The van der Waals surface area contributed by atoms with Crippen LogP contribution in [0.15, 0.2) is 30.3 Å². The van der Waals surface area contributed by atoms with Crippen molar-refractivity contribution in [3.05, 3.63) is 35.9 Å². The molecule has 2 bridgehead atoms. The fraction of sp³-hybridized carbons (Fsp3) is 0.650. The van der Waals surface area contributed by atoms with E-state index in [2.05, 4.69) is 31.3 Å². The van der Waals surface area contributed by atoms with Crippen LogP contribution >= 0.6 is 12.4 Å². The third-order valence-electron chi connectivity index (χ3n) is 5.86. The molecule has 2 unspecified atom stereocenters. The fourth-order valence-corrected chi connectivity index (χ4v) is 4.65. The van der Waals surface area contributed by atoms with Gasteiger partial charge in [0, 0.05) is 18.5 Å². The summed E-state index contributed by atoms with van der Waals surface area (Å²) in [5, 5.41) is 3.37. The van der Waals surface area contributed by atoms with Gasteiger partial charge in [0.2, 0.25) is 5.91 Å². The minimum atomic E-state index is -0.133. The van der Waals surface area contributed by atoms with Crippen LogP contribution in [-0.2, 0) is 10.2 Å². The first-order chi connectivity index (χ1) is 11.0. The van der Waals surface area contributed by atoms with Gasteiger partial charge in [0.1, 0.15) is 0 Å². The van der Waals surface area contributed by atoms with Gasteiger partial charge in [0.25, 0.3) is 0 Å². The number of nitrogens with one attached hydrogen (secondary N) is 1. The first kappa shape index (κ1) is 19.3. The lowest BCUT2D eigenvalue weighted by molar-refractivity contribution is -0.124. The SMILES string of the molecule is CC(C)(CC(=O)NC1C2CCCC1CC(N)C2)c1ccccc1.Cl. The molecular formula is C20H31ClN2O. The topological polar surface area (TPSA) is 55.1 Å². The van der Waals surface area contributed by atoms with Crippen LogP contribution in [0.2, 0.25) is 0 Å². The molecule has 0 radical (unpaired) electrons. The molecule has 0 saturated heterocycles. The van der Waals surface area contributed by atoms with Crippen molar-refractivity contribution < 1.29 is 4.79 Å². The Morgan fingerprint density at radius 3 is 2.33 bits per heavy atom. The maximum Gasteiger partial charge on any atom is 0.221 e. The molecule has 4 heteroatoms. The van der Waals surface area contributed by atoms with Crippen molar-refractivity contribution in [2.24, 2.45) is 17.6 Å². The fourth-order valence-electron chi connectivity index (χ4n) is 4.65. The molecule has 3 nitrogen and oxygen atoms in total. The van der Waals surface area contributed by atoms with Crippen LogP contribution in [0.25, 0.3) is 0 Å². The monoisotopic (exact) mass is 350 g/mol. The second-order valence-electron chi connectivity index (χ2n) is 8.20. The Morgan fingerprint density at radius 2 is 1.75 bits per heavy atom. The van der Waals surface area contributed by atoms with E-state index in [0.29, 0.717) is 30.3 Å². The number of carbonyl (C=O) groups is 1. The lowest BCUT2D eigenvalue weighted by atomic mass is 9.67. The van der Waals surface area contributed by atoms with Crippen molar-refractivity contribution in [3.8, 4) is 0 Å². The average molecular weight is 351 g/mol. The first-order valence-electron chi connectivity index (χ1n) is 9.06. The molecule has 3 rings (SSSR count). The Morgan fingerprint density at radius 1 is 1.17 bits per heavy atom. The van der Waals surface area contributed by atoms with Crippen molar-refractivity contribution in [2.45, 2.75) is 69.9 Å². The Balaban J connectivity index is 0.00000208. The van der Waals surface area contributed by atoms with E-state index >= 15 is 0 Å². The third kappa shape index (κ3) is 4.31. The van der Waals surface area contributed by atoms with Gasteiger partial charge in [0.05, 0.1) is 0 Å². The smallest absolute Gasteiger partial charge is 0.221 e. The lowest BCUT2D eigenvalue weighted by Crippen LogP contribution is -2.54. The van der Waals surface area contributed by atoms with Crippen molar-refractivity contribution in [1.29, 1.82) is 0 Å². The second-order valence-corrected chi connectivity index (χ2v) is 8.20. The maximum atomic E-state index is 12.7.